The fourth-order valence-electron chi connectivity index (χ4n) is 5.76. The van der Waals surface area contributed by atoms with Gasteiger partial charge < -0.3 is 14.5 Å². The Bertz CT molecular complexity index is 1030. The van der Waals surface area contributed by atoms with Crippen molar-refractivity contribution in [3.05, 3.63) is 58.8 Å². The monoisotopic (exact) mass is 403 g/mol. The first-order valence-corrected chi connectivity index (χ1v) is 11.6. The van der Waals surface area contributed by atoms with Crippen LogP contribution >= 0.6 is 0 Å². The maximum atomic E-state index is 5.52. The molecule has 1 atom stereocenters. The van der Waals surface area contributed by atoms with Crippen molar-refractivity contribution in [2.45, 2.75) is 69.6 Å². The highest BCUT2D eigenvalue weighted by Crippen LogP contribution is 2.41. The van der Waals surface area contributed by atoms with Crippen LogP contribution < -0.4 is 9.47 Å². The Labute approximate surface area is 179 Å². The summed E-state index contributed by atoms with van der Waals surface area (Å²) in [6.45, 7) is 0. The molecule has 1 saturated carbocycles. The van der Waals surface area contributed by atoms with Gasteiger partial charge in [-0.05, 0) is 85.4 Å². The lowest BCUT2D eigenvalue weighted by Crippen LogP contribution is -2.12. The Balaban J connectivity index is 1.45. The molecule has 2 aliphatic rings. The van der Waals surface area contributed by atoms with Crippen LogP contribution in [0.2, 0.25) is 0 Å². The van der Waals surface area contributed by atoms with Crippen LogP contribution in [0.3, 0.4) is 0 Å². The van der Waals surface area contributed by atoms with E-state index in [0.29, 0.717) is 5.92 Å². The second kappa shape index (κ2) is 8.37. The summed E-state index contributed by atoms with van der Waals surface area (Å²) in [6.07, 6.45) is 11.7. The molecule has 5 rings (SSSR count). The quantitative estimate of drug-likeness (QED) is 0.503. The molecule has 0 amide bonds. The van der Waals surface area contributed by atoms with E-state index >= 15 is 0 Å². The fourth-order valence-corrected chi connectivity index (χ4v) is 5.76. The highest BCUT2D eigenvalue weighted by molar-refractivity contribution is 5.86. The molecule has 0 bridgehead atoms. The number of hydrogen-bond donors (Lipinski definition) is 1. The summed E-state index contributed by atoms with van der Waals surface area (Å²) in [4.78, 5) is 3.81. The van der Waals surface area contributed by atoms with Gasteiger partial charge in [-0.2, -0.15) is 0 Å². The summed E-state index contributed by atoms with van der Waals surface area (Å²) in [5.74, 6) is 2.92. The molecular weight excluding hydrogens is 370 g/mol. The van der Waals surface area contributed by atoms with E-state index in [1.54, 1.807) is 25.3 Å². The predicted molar refractivity (Wildman–Crippen MR) is 123 cm³/mol. The number of ether oxygens (including phenoxy) is 2. The van der Waals surface area contributed by atoms with E-state index < -0.39 is 0 Å². The molecule has 1 N–H and O–H groups in total. The molecule has 2 aromatic carbocycles. The van der Waals surface area contributed by atoms with E-state index in [0.717, 1.165) is 23.8 Å². The van der Waals surface area contributed by atoms with Gasteiger partial charge in [-0.1, -0.05) is 31.4 Å². The molecule has 0 radical (unpaired) electrons. The summed E-state index contributed by atoms with van der Waals surface area (Å²) in [7, 11) is 3.40. The van der Waals surface area contributed by atoms with Crippen LogP contribution in [0.25, 0.3) is 10.9 Å². The van der Waals surface area contributed by atoms with Crippen molar-refractivity contribution in [2.24, 2.45) is 0 Å². The van der Waals surface area contributed by atoms with Gasteiger partial charge in [-0.25, -0.2) is 0 Å². The second-order valence-electron chi connectivity index (χ2n) is 9.14. The summed E-state index contributed by atoms with van der Waals surface area (Å²) in [5, 5.41) is 1.48. The Morgan fingerprint density at radius 2 is 1.70 bits per heavy atom. The minimum atomic E-state index is 0.539. The number of hydrogen-bond acceptors (Lipinski definition) is 2. The highest BCUT2D eigenvalue weighted by atomic mass is 16.5. The second-order valence-corrected chi connectivity index (χ2v) is 9.14. The molecule has 0 saturated heterocycles. The van der Waals surface area contributed by atoms with Gasteiger partial charge in [0, 0.05) is 22.5 Å². The van der Waals surface area contributed by atoms with E-state index in [2.05, 4.69) is 35.3 Å². The average molecular weight is 404 g/mol. The third kappa shape index (κ3) is 3.59. The van der Waals surface area contributed by atoms with Gasteiger partial charge >= 0.3 is 0 Å². The zero-order valence-electron chi connectivity index (χ0n) is 18.3. The minimum absolute atomic E-state index is 0.539. The summed E-state index contributed by atoms with van der Waals surface area (Å²) >= 11 is 0. The first kappa shape index (κ1) is 19.5. The molecule has 1 unspecified atom stereocenters. The molecule has 2 aliphatic carbocycles. The van der Waals surface area contributed by atoms with Crippen molar-refractivity contribution in [1.82, 2.24) is 4.98 Å². The summed E-state index contributed by atoms with van der Waals surface area (Å²) < 4.78 is 10.9. The molecule has 3 aromatic rings. The van der Waals surface area contributed by atoms with Gasteiger partial charge in [-0.15, -0.1) is 0 Å². The van der Waals surface area contributed by atoms with E-state index in [9.17, 15) is 0 Å². The van der Waals surface area contributed by atoms with E-state index in [4.69, 9.17) is 9.47 Å². The number of methoxy groups -OCH3 is 2. The number of aromatic nitrogens is 1. The van der Waals surface area contributed by atoms with Gasteiger partial charge in [0.2, 0.25) is 0 Å². The largest absolute Gasteiger partial charge is 0.493 e. The first-order valence-electron chi connectivity index (χ1n) is 11.6. The standard InChI is InChI=1S/C27H33NO2/c1-29-25-14-11-18(16-26(25)30-2)15-21-9-6-10-22-23-17-20(19-7-4-3-5-8-19)12-13-24(23)28-27(21)22/h11-14,16-17,19,21,28H,3-10,15H2,1-2H3. The number of nitrogens with one attached hydrogen (secondary N) is 1. The Kier molecular flexibility index (Phi) is 5.45. The van der Waals surface area contributed by atoms with Gasteiger partial charge in [0.15, 0.2) is 11.5 Å². The van der Waals surface area contributed by atoms with Crippen molar-refractivity contribution in [1.29, 1.82) is 0 Å². The van der Waals surface area contributed by atoms with Crippen LogP contribution in [-0.2, 0) is 12.8 Å². The number of H-pyrrole nitrogens is 1. The van der Waals surface area contributed by atoms with Crippen molar-refractivity contribution < 1.29 is 9.47 Å². The van der Waals surface area contributed by atoms with Crippen LogP contribution in [0.15, 0.2) is 36.4 Å². The van der Waals surface area contributed by atoms with E-state index in [1.807, 2.05) is 6.07 Å². The lowest BCUT2D eigenvalue weighted by molar-refractivity contribution is 0.354. The molecule has 0 spiro atoms. The SMILES string of the molecule is COc1ccc(CC2CCCc3c2[nH]c2ccc(C4CCCCC4)cc32)cc1OC. The van der Waals surface area contributed by atoms with Crippen molar-refractivity contribution >= 4 is 10.9 Å². The zero-order valence-corrected chi connectivity index (χ0v) is 18.3. The van der Waals surface area contributed by atoms with Crippen LogP contribution in [0.1, 0.15) is 79.2 Å². The van der Waals surface area contributed by atoms with Gasteiger partial charge in [-0.3, -0.25) is 0 Å². The smallest absolute Gasteiger partial charge is 0.160 e. The molecule has 1 heterocycles. The van der Waals surface area contributed by atoms with Crippen LogP contribution in [0.5, 0.6) is 11.5 Å². The minimum Gasteiger partial charge on any atom is -0.493 e. The number of fused-ring (bicyclic) bond motifs is 3. The van der Waals surface area contributed by atoms with Gasteiger partial charge in [0.05, 0.1) is 14.2 Å². The zero-order chi connectivity index (χ0) is 20.5. The van der Waals surface area contributed by atoms with Gasteiger partial charge in [0.1, 0.15) is 0 Å². The third-order valence-electron chi connectivity index (χ3n) is 7.36. The maximum Gasteiger partial charge on any atom is 0.160 e. The molecule has 30 heavy (non-hydrogen) atoms. The number of benzene rings is 2. The predicted octanol–water partition coefficient (Wildman–Crippen LogP) is 6.90. The van der Waals surface area contributed by atoms with Crippen molar-refractivity contribution in [3.63, 3.8) is 0 Å². The Morgan fingerprint density at radius 3 is 2.50 bits per heavy atom. The number of aromatic amines is 1. The lowest BCUT2D eigenvalue weighted by atomic mass is 9.81. The van der Waals surface area contributed by atoms with E-state index in [1.165, 1.54) is 73.5 Å². The maximum absolute atomic E-state index is 5.52. The first-order chi connectivity index (χ1) is 14.8. The molecule has 158 valence electrons. The average Bonchev–Trinajstić information content (AvgIpc) is 3.18. The van der Waals surface area contributed by atoms with Crippen molar-refractivity contribution in [2.75, 3.05) is 14.2 Å². The molecule has 1 aromatic heterocycles. The van der Waals surface area contributed by atoms with Crippen LogP contribution in [-0.4, -0.2) is 19.2 Å². The topological polar surface area (TPSA) is 34.2 Å². The van der Waals surface area contributed by atoms with Crippen molar-refractivity contribution in [3.8, 4) is 11.5 Å². The molecular formula is C27H33NO2. The molecule has 1 fully saturated rings. The van der Waals surface area contributed by atoms with Gasteiger partial charge in [0.25, 0.3) is 0 Å². The Hall–Kier alpha value is -2.42. The highest BCUT2D eigenvalue weighted by Gasteiger charge is 2.26. The number of aryl methyl sites for hydroxylation is 1. The number of rotatable bonds is 5. The van der Waals surface area contributed by atoms with E-state index in [-0.39, 0.29) is 0 Å². The summed E-state index contributed by atoms with van der Waals surface area (Å²) in [5.41, 5.74) is 7.23. The Morgan fingerprint density at radius 1 is 0.867 bits per heavy atom. The lowest BCUT2D eigenvalue weighted by Gasteiger charge is -2.24. The molecule has 3 heteroatoms. The molecule has 3 nitrogen and oxygen atoms in total. The summed E-state index contributed by atoms with van der Waals surface area (Å²) in [6, 6.07) is 13.6. The third-order valence-corrected chi connectivity index (χ3v) is 7.36. The molecule has 0 aliphatic heterocycles. The normalized spacial score (nSPS) is 19.6. The van der Waals surface area contributed by atoms with Crippen LogP contribution in [0, 0.1) is 0 Å². The fraction of sp³-hybridized carbons (Fsp3) is 0.481. The van der Waals surface area contributed by atoms with Crippen LogP contribution in [0.4, 0.5) is 0 Å².